The van der Waals surface area contributed by atoms with Gasteiger partial charge in [0, 0.05) is 42.8 Å². The van der Waals surface area contributed by atoms with Crippen molar-refractivity contribution < 1.29 is 9.84 Å². The van der Waals surface area contributed by atoms with Crippen molar-refractivity contribution in [3.05, 3.63) is 78.1 Å². The molecule has 186 valence electrons. The fourth-order valence-electron chi connectivity index (χ4n) is 5.74. The van der Waals surface area contributed by atoms with E-state index in [-0.39, 0.29) is 5.92 Å². The summed E-state index contributed by atoms with van der Waals surface area (Å²) >= 11 is 0. The number of hydrogen-bond acceptors (Lipinski definition) is 5. The Bertz CT molecular complexity index is 1580. The molecular formula is C29H30BN5O2. The van der Waals surface area contributed by atoms with E-state index >= 15 is 0 Å². The second-order valence-electron chi connectivity index (χ2n) is 10.5. The highest BCUT2D eigenvalue weighted by atomic mass is 16.5. The van der Waals surface area contributed by atoms with Crippen LogP contribution >= 0.6 is 0 Å². The smallest absolute Gasteiger partial charge is 0.111 e. The van der Waals surface area contributed by atoms with Gasteiger partial charge in [0.2, 0.25) is 0 Å². The van der Waals surface area contributed by atoms with Crippen LogP contribution in [0.5, 0.6) is 0 Å². The van der Waals surface area contributed by atoms with Crippen molar-refractivity contribution in [2.24, 2.45) is 13.0 Å². The predicted octanol–water partition coefficient (Wildman–Crippen LogP) is 4.51. The summed E-state index contributed by atoms with van der Waals surface area (Å²) < 4.78 is 9.73. The van der Waals surface area contributed by atoms with Gasteiger partial charge >= 0.3 is 0 Å². The molecule has 1 atom stereocenters. The number of ether oxygens (including phenoxy) is 1. The number of fused-ring (bicyclic) bond motifs is 3. The number of nitrogens with zero attached hydrogens (tertiary/aromatic N) is 5. The van der Waals surface area contributed by atoms with Crippen LogP contribution in [0.2, 0.25) is 0 Å². The fourth-order valence-corrected chi connectivity index (χ4v) is 5.74. The fraction of sp³-hybridized carbons (Fsp3) is 0.345. The van der Waals surface area contributed by atoms with Crippen LogP contribution < -0.4 is 0 Å². The number of benzene rings is 2. The van der Waals surface area contributed by atoms with Crippen LogP contribution in [0.1, 0.15) is 37.8 Å². The molecule has 1 saturated heterocycles. The molecule has 5 aromatic rings. The zero-order chi connectivity index (χ0) is 25.8. The summed E-state index contributed by atoms with van der Waals surface area (Å²) in [6.07, 6.45) is 5.30. The number of rotatable bonds is 5. The summed E-state index contributed by atoms with van der Waals surface area (Å²) in [5, 5.41) is 20.1. The molecule has 1 aliphatic rings. The second-order valence-corrected chi connectivity index (χ2v) is 10.5. The monoisotopic (exact) mass is 491 g/mol. The zero-order valence-corrected chi connectivity index (χ0v) is 21.4. The summed E-state index contributed by atoms with van der Waals surface area (Å²) in [6, 6.07) is 18.5. The van der Waals surface area contributed by atoms with E-state index in [1.54, 1.807) is 24.7 Å². The number of hydrogen-bond donors (Lipinski definition) is 1. The Morgan fingerprint density at radius 3 is 2.41 bits per heavy atom. The maximum atomic E-state index is 10.9. The molecule has 1 fully saturated rings. The van der Waals surface area contributed by atoms with Gasteiger partial charge in [-0.3, -0.25) is 4.98 Å². The molecule has 0 unspecified atom stereocenters. The van der Waals surface area contributed by atoms with Gasteiger partial charge in [0.15, 0.2) is 0 Å². The second kappa shape index (κ2) is 8.82. The van der Waals surface area contributed by atoms with E-state index in [0.717, 1.165) is 57.2 Å². The van der Waals surface area contributed by atoms with Crippen LogP contribution in [0.15, 0.2) is 67.0 Å². The third-order valence-corrected chi connectivity index (χ3v) is 7.77. The van der Waals surface area contributed by atoms with Crippen molar-refractivity contribution in [3.8, 4) is 11.3 Å². The first-order chi connectivity index (χ1) is 17.8. The topological polar surface area (TPSA) is 78.0 Å². The van der Waals surface area contributed by atoms with Crippen molar-refractivity contribution >= 4 is 29.8 Å². The normalized spacial score (nSPS) is 16.9. The summed E-state index contributed by atoms with van der Waals surface area (Å²) in [4.78, 5) is 4.94. The van der Waals surface area contributed by atoms with E-state index in [4.69, 9.17) is 17.6 Å². The summed E-state index contributed by atoms with van der Waals surface area (Å²) in [6.45, 7) is 4.95. The van der Waals surface area contributed by atoms with Crippen molar-refractivity contribution in [2.45, 2.75) is 37.7 Å². The lowest BCUT2D eigenvalue weighted by molar-refractivity contribution is 0.0481. The molecule has 0 spiro atoms. The molecule has 1 N–H and O–H groups in total. The average molecular weight is 491 g/mol. The molecular weight excluding hydrogens is 461 g/mol. The molecule has 0 saturated carbocycles. The van der Waals surface area contributed by atoms with Crippen LogP contribution in [-0.2, 0) is 22.8 Å². The number of aliphatic hydroxyl groups is 1. The lowest BCUT2D eigenvalue weighted by atomic mass is 9.61. The minimum Gasteiger partial charge on any atom is -0.386 e. The number of aryl methyl sites for hydroxylation is 1. The van der Waals surface area contributed by atoms with Crippen LogP contribution in [0.4, 0.5) is 0 Å². The maximum Gasteiger partial charge on any atom is 0.111 e. The van der Waals surface area contributed by atoms with Crippen LogP contribution in [0.3, 0.4) is 0 Å². The quantitative estimate of drug-likeness (QED) is 0.366. The molecule has 6 rings (SSSR count). The standard InChI is InChI=1S/C29H30BN5O2/c1-28(2,36)22-9-10-23-24(16-22)35(25-15-19(17-31-27(23)25)26-18-32-33-34(26)3)29(30,20-7-5-4-6-8-20)21-11-13-37-14-12-21/h4-10,15-18,21,36H,11-14H2,1-3H3/t29-/m0/s1. The predicted molar refractivity (Wildman–Crippen MR) is 145 cm³/mol. The maximum absolute atomic E-state index is 10.9. The zero-order valence-electron chi connectivity index (χ0n) is 21.4. The molecule has 7 nitrogen and oxygen atoms in total. The first-order valence-electron chi connectivity index (χ1n) is 12.7. The Morgan fingerprint density at radius 1 is 0.973 bits per heavy atom. The highest BCUT2D eigenvalue weighted by Gasteiger charge is 2.40. The minimum absolute atomic E-state index is 0.135. The van der Waals surface area contributed by atoms with Crippen molar-refractivity contribution in [1.82, 2.24) is 24.5 Å². The van der Waals surface area contributed by atoms with Gasteiger partial charge < -0.3 is 14.4 Å². The van der Waals surface area contributed by atoms with E-state index in [9.17, 15) is 5.11 Å². The van der Waals surface area contributed by atoms with Crippen LogP contribution in [0, 0.1) is 5.92 Å². The lowest BCUT2D eigenvalue weighted by Gasteiger charge is -2.43. The number of aromatic nitrogens is 5. The first-order valence-corrected chi connectivity index (χ1v) is 12.7. The summed E-state index contributed by atoms with van der Waals surface area (Å²) in [5.41, 5.74) is 4.51. The SMILES string of the molecule is [B][C@](c1ccccc1)(C1CCOCC1)n1c2cc(C(C)(C)O)ccc2c2ncc(-c3cnnn3C)cc21. The van der Waals surface area contributed by atoms with Crippen molar-refractivity contribution in [1.29, 1.82) is 0 Å². The van der Waals surface area contributed by atoms with E-state index in [0.29, 0.717) is 13.2 Å². The lowest BCUT2D eigenvalue weighted by Crippen LogP contribution is -2.45. The molecule has 8 heteroatoms. The van der Waals surface area contributed by atoms with Gasteiger partial charge in [-0.1, -0.05) is 47.7 Å². The molecule has 3 aromatic heterocycles. The van der Waals surface area contributed by atoms with Gasteiger partial charge in [-0.2, -0.15) is 0 Å². The third-order valence-electron chi connectivity index (χ3n) is 7.77. The van der Waals surface area contributed by atoms with Gasteiger partial charge in [0.1, 0.15) is 7.85 Å². The van der Waals surface area contributed by atoms with E-state index < -0.39 is 11.0 Å². The van der Waals surface area contributed by atoms with E-state index in [1.807, 2.05) is 37.5 Å². The molecule has 1 aliphatic heterocycles. The Hall–Kier alpha value is -3.49. The Labute approximate surface area is 217 Å². The van der Waals surface area contributed by atoms with Gasteiger partial charge in [0.25, 0.3) is 0 Å². The van der Waals surface area contributed by atoms with Gasteiger partial charge in [-0.05, 0) is 55.9 Å². The Morgan fingerprint density at radius 2 is 1.73 bits per heavy atom. The minimum atomic E-state index is -1.00. The van der Waals surface area contributed by atoms with E-state index in [1.165, 1.54) is 0 Å². The highest BCUT2D eigenvalue weighted by molar-refractivity contribution is 6.19. The average Bonchev–Trinajstić information content (AvgIpc) is 3.49. The molecule has 2 aromatic carbocycles. The third kappa shape index (κ3) is 3.86. The van der Waals surface area contributed by atoms with Crippen molar-refractivity contribution in [3.63, 3.8) is 0 Å². The van der Waals surface area contributed by atoms with E-state index in [2.05, 4.69) is 45.2 Å². The van der Waals surface area contributed by atoms with Gasteiger partial charge in [-0.25, -0.2) is 4.68 Å². The highest BCUT2D eigenvalue weighted by Crippen LogP contribution is 2.44. The summed E-state index contributed by atoms with van der Waals surface area (Å²) in [7, 11) is 9.51. The molecule has 37 heavy (non-hydrogen) atoms. The van der Waals surface area contributed by atoms with Gasteiger partial charge in [-0.15, -0.1) is 5.10 Å². The molecule has 0 amide bonds. The van der Waals surface area contributed by atoms with Gasteiger partial charge in [0.05, 0.1) is 34.0 Å². The largest absolute Gasteiger partial charge is 0.386 e. The number of pyridine rings is 1. The van der Waals surface area contributed by atoms with Crippen LogP contribution in [0.25, 0.3) is 33.2 Å². The van der Waals surface area contributed by atoms with Crippen LogP contribution in [-0.4, -0.2) is 50.7 Å². The molecule has 2 radical (unpaired) electrons. The summed E-state index contributed by atoms with van der Waals surface area (Å²) in [5.74, 6) is 0.135. The van der Waals surface area contributed by atoms with Crippen molar-refractivity contribution in [2.75, 3.05) is 13.2 Å². The molecule has 4 heterocycles. The Kier molecular flexibility index (Phi) is 5.69. The Balaban J connectivity index is 1.73. The first kappa shape index (κ1) is 23.9. The molecule has 0 bridgehead atoms. The molecule has 0 aliphatic carbocycles.